The van der Waals surface area contributed by atoms with Gasteiger partial charge in [-0.2, -0.15) is 5.10 Å². The molecule has 27 heavy (non-hydrogen) atoms. The van der Waals surface area contributed by atoms with Gasteiger partial charge in [0.15, 0.2) is 0 Å². The number of amides is 2. The SMILES string of the molecule is Cc1c(-c2ccccc2)n[nH]c1C(=O)NC[C@H]1CC(=O)N(C2CCCC2)C1. The quantitative estimate of drug-likeness (QED) is 0.854. The van der Waals surface area contributed by atoms with Gasteiger partial charge in [0.2, 0.25) is 5.91 Å². The van der Waals surface area contributed by atoms with Gasteiger partial charge in [-0.15, -0.1) is 0 Å². The minimum Gasteiger partial charge on any atom is -0.350 e. The number of carbonyl (C=O) groups excluding carboxylic acids is 2. The van der Waals surface area contributed by atoms with E-state index in [4.69, 9.17) is 0 Å². The van der Waals surface area contributed by atoms with Gasteiger partial charge in [-0.05, 0) is 19.8 Å². The van der Waals surface area contributed by atoms with E-state index >= 15 is 0 Å². The summed E-state index contributed by atoms with van der Waals surface area (Å²) in [5.41, 5.74) is 3.11. The molecule has 1 saturated carbocycles. The highest BCUT2D eigenvalue weighted by Crippen LogP contribution is 2.29. The lowest BCUT2D eigenvalue weighted by Gasteiger charge is -2.24. The number of likely N-dealkylation sites (tertiary alicyclic amines) is 1. The lowest BCUT2D eigenvalue weighted by atomic mass is 10.1. The standard InChI is InChI=1S/C21H26N4O2/c1-14-19(16-7-3-2-4-8-16)23-24-20(14)21(27)22-12-15-11-18(26)25(13-15)17-9-5-6-10-17/h2-4,7-8,15,17H,5-6,9-13H2,1H3,(H,22,27)(H,23,24)/t15-/m1/s1. The first-order valence-corrected chi connectivity index (χ1v) is 9.81. The fourth-order valence-electron chi connectivity index (χ4n) is 4.34. The zero-order chi connectivity index (χ0) is 18.8. The molecule has 1 aromatic carbocycles. The molecule has 1 aromatic heterocycles. The molecule has 4 rings (SSSR count). The molecule has 0 unspecified atom stereocenters. The third-order valence-electron chi connectivity index (χ3n) is 5.84. The Morgan fingerprint density at radius 1 is 1.26 bits per heavy atom. The number of carbonyl (C=O) groups is 2. The van der Waals surface area contributed by atoms with Crippen molar-refractivity contribution < 1.29 is 9.59 Å². The number of aromatic amines is 1. The fourth-order valence-corrected chi connectivity index (χ4v) is 4.34. The summed E-state index contributed by atoms with van der Waals surface area (Å²) in [6, 6.07) is 10.2. The van der Waals surface area contributed by atoms with Gasteiger partial charge in [-0.25, -0.2) is 0 Å². The molecular weight excluding hydrogens is 340 g/mol. The van der Waals surface area contributed by atoms with Crippen LogP contribution in [0, 0.1) is 12.8 Å². The molecule has 0 bridgehead atoms. The highest BCUT2D eigenvalue weighted by Gasteiger charge is 2.35. The van der Waals surface area contributed by atoms with E-state index in [1.807, 2.05) is 42.2 Å². The Bertz CT molecular complexity index is 824. The number of aromatic nitrogens is 2. The minimum atomic E-state index is -0.158. The summed E-state index contributed by atoms with van der Waals surface area (Å²) in [4.78, 5) is 26.9. The Balaban J connectivity index is 1.36. The molecule has 1 atom stereocenters. The van der Waals surface area contributed by atoms with E-state index in [1.165, 1.54) is 12.8 Å². The molecule has 2 aliphatic rings. The number of hydrogen-bond donors (Lipinski definition) is 2. The minimum absolute atomic E-state index is 0.158. The van der Waals surface area contributed by atoms with Gasteiger partial charge in [-0.1, -0.05) is 43.2 Å². The molecule has 0 spiro atoms. The van der Waals surface area contributed by atoms with E-state index in [0.29, 0.717) is 24.7 Å². The van der Waals surface area contributed by atoms with Gasteiger partial charge in [-0.3, -0.25) is 14.7 Å². The van der Waals surface area contributed by atoms with Crippen LogP contribution >= 0.6 is 0 Å². The molecule has 142 valence electrons. The molecule has 2 amide bonds. The second kappa shape index (κ2) is 7.55. The number of hydrogen-bond acceptors (Lipinski definition) is 3. The summed E-state index contributed by atoms with van der Waals surface area (Å²) in [5, 5.41) is 10.2. The van der Waals surface area contributed by atoms with E-state index in [-0.39, 0.29) is 17.7 Å². The molecule has 1 aliphatic heterocycles. The van der Waals surface area contributed by atoms with Crippen LogP contribution < -0.4 is 5.32 Å². The van der Waals surface area contributed by atoms with E-state index in [9.17, 15) is 9.59 Å². The predicted molar refractivity (Wildman–Crippen MR) is 103 cm³/mol. The summed E-state index contributed by atoms with van der Waals surface area (Å²) >= 11 is 0. The Morgan fingerprint density at radius 2 is 2.00 bits per heavy atom. The number of benzene rings is 1. The van der Waals surface area contributed by atoms with Gasteiger partial charge in [0.05, 0.1) is 5.69 Å². The van der Waals surface area contributed by atoms with E-state index < -0.39 is 0 Å². The topological polar surface area (TPSA) is 78.1 Å². The van der Waals surface area contributed by atoms with Gasteiger partial charge in [0, 0.05) is 42.6 Å². The van der Waals surface area contributed by atoms with Crippen LogP contribution in [0.4, 0.5) is 0 Å². The maximum absolute atomic E-state index is 12.6. The number of nitrogens with one attached hydrogen (secondary N) is 2. The third kappa shape index (κ3) is 3.61. The number of rotatable bonds is 5. The second-order valence-corrected chi connectivity index (χ2v) is 7.70. The van der Waals surface area contributed by atoms with Crippen LogP contribution in [-0.4, -0.2) is 46.0 Å². The Kier molecular flexibility index (Phi) is 4.97. The average molecular weight is 366 g/mol. The zero-order valence-electron chi connectivity index (χ0n) is 15.7. The highest BCUT2D eigenvalue weighted by atomic mass is 16.2. The molecule has 0 radical (unpaired) electrons. The van der Waals surface area contributed by atoms with Gasteiger partial charge in [0.25, 0.3) is 5.91 Å². The highest BCUT2D eigenvalue weighted by molar-refractivity contribution is 5.95. The van der Waals surface area contributed by atoms with Crippen LogP contribution in [0.15, 0.2) is 30.3 Å². The summed E-state index contributed by atoms with van der Waals surface area (Å²) in [7, 11) is 0. The maximum Gasteiger partial charge on any atom is 0.269 e. The first-order valence-electron chi connectivity index (χ1n) is 9.81. The van der Waals surface area contributed by atoms with Crippen LogP contribution in [-0.2, 0) is 4.79 Å². The van der Waals surface area contributed by atoms with Crippen molar-refractivity contribution in [3.05, 3.63) is 41.6 Å². The molecule has 1 saturated heterocycles. The largest absolute Gasteiger partial charge is 0.350 e. The van der Waals surface area contributed by atoms with Gasteiger partial charge >= 0.3 is 0 Å². The van der Waals surface area contributed by atoms with Crippen molar-refractivity contribution >= 4 is 11.8 Å². The zero-order valence-corrected chi connectivity index (χ0v) is 15.7. The maximum atomic E-state index is 12.6. The molecule has 6 nitrogen and oxygen atoms in total. The van der Waals surface area contributed by atoms with Crippen molar-refractivity contribution in [3.63, 3.8) is 0 Å². The molecule has 2 heterocycles. The molecular formula is C21H26N4O2. The van der Waals surface area contributed by atoms with Crippen LogP contribution in [0.2, 0.25) is 0 Å². The predicted octanol–water partition coefficient (Wildman–Crippen LogP) is 2.91. The summed E-state index contributed by atoms with van der Waals surface area (Å²) < 4.78 is 0. The molecule has 2 fully saturated rings. The summed E-state index contributed by atoms with van der Waals surface area (Å²) in [6.07, 6.45) is 5.23. The van der Waals surface area contributed by atoms with Crippen molar-refractivity contribution in [3.8, 4) is 11.3 Å². The third-order valence-corrected chi connectivity index (χ3v) is 5.84. The molecule has 6 heteroatoms. The van der Waals surface area contributed by atoms with E-state index in [2.05, 4.69) is 15.5 Å². The Hall–Kier alpha value is -2.63. The number of H-pyrrole nitrogens is 1. The second-order valence-electron chi connectivity index (χ2n) is 7.70. The summed E-state index contributed by atoms with van der Waals surface area (Å²) in [5.74, 6) is 0.276. The Labute approximate surface area is 159 Å². The van der Waals surface area contributed by atoms with Crippen molar-refractivity contribution in [2.24, 2.45) is 5.92 Å². The van der Waals surface area contributed by atoms with Crippen molar-refractivity contribution in [1.29, 1.82) is 0 Å². The fraction of sp³-hybridized carbons (Fsp3) is 0.476. The average Bonchev–Trinajstić information content (AvgIpc) is 3.40. The van der Waals surface area contributed by atoms with E-state index in [0.717, 1.165) is 36.2 Å². The van der Waals surface area contributed by atoms with Crippen molar-refractivity contribution in [2.75, 3.05) is 13.1 Å². The molecule has 2 aromatic rings. The van der Waals surface area contributed by atoms with Crippen LogP contribution in [0.1, 0.15) is 48.2 Å². The molecule has 1 aliphatic carbocycles. The van der Waals surface area contributed by atoms with Gasteiger partial charge in [0.1, 0.15) is 5.69 Å². The monoisotopic (exact) mass is 366 g/mol. The first-order chi connectivity index (χ1) is 13.1. The van der Waals surface area contributed by atoms with Crippen LogP contribution in [0.25, 0.3) is 11.3 Å². The Morgan fingerprint density at radius 3 is 2.74 bits per heavy atom. The van der Waals surface area contributed by atoms with Crippen molar-refractivity contribution in [2.45, 2.75) is 45.1 Å². The first kappa shape index (κ1) is 17.8. The van der Waals surface area contributed by atoms with Crippen LogP contribution in [0.5, 0.6) is 0 Å². The van der Waals surface area contributed by atoms with Crippen molar-refractivity contribution in [1.82, 2.24) is 20.4 Å². The molecule has 2 N–H and O–H groups in total. The smallest absolute Gasteiger partial charge is 0.269 e. The van der Waals surface area contributed by atoms with Gasteiger partial charge < -0.3 is 10.2 Å². The lowest BCUT2D eigenvalue weighted by Crippen LogP contribution is -2.36. The lowest BCUT2D eigenvalue weighted by molar-refractivity contribution is -0.129. The number of nitrogens with zero attached hydrogens (tertiary/aromatic N) is 2. The normalized spacial score (nSPS) is 20.4. The summed E-state index contributed by atoms with van der Waals surface area (Å²) in [6.45, 7) is 3.19. The van der Waals surface area contributed by atoms with Crippen LogP contribution in [0.3, 0.4) is 0 Å². The van der Waals surface area contributed by atoms with E-state index in [1.54, 1.807) is 0 Å².